The zero-order valence-electron chi connectivity index (χ0n) is 12.1. The lowest BCUT2D eigenvalue weighted by Crippen LogP contribution is -2.26. The molecule has 5 nitrogen and oxygen atoms in total. The molecule has 0 aliphatic carbocycles. The largest absolute Gasteiger partial charge is 0.398 e. The van der Waals surface area contributed by atoms with Gasteiger partial charge < -0.3 is 10.6 Å². The molecule has 0 bridgehead atoms. The van der Waals surface area contributed by atoms with E-state index in [4.69, 9.17) is 5.73 Å². The van der Waals surface area contributed by atoms with Crippen LogP contribution in [0.2, 0.25) is 0 Å². The molecule has 0 heterocycles. The van der Waals surface area contributed by atoms with Crippen LogP contribution in [0.25, 0.3) is 0 Å². The highest BCUT2D eigenvalue weighted by atomic mass is 79.9. The second kappa shape index (κ2) is 7.40. The Bertz CT molecular complexity index is 559. The minimum atomic E-state index is -3.51. The van der Waals surface area contributed by atoms with E-state index in [-0.39, 0.29) is 4.90 Å². The van der Waals surface area contributed by atoms with Crippen LogP contribution in [-0.2, 0) is 10.0 Å². The van der Waals surface area contributed by atoms with Crippen molar-refractivity contribution >= 4 is 31.6 Å². The van der Waals surface area contributed by atoms with Crippen LogP contribution in [0.5, 0.6) is 0 Å². The molecule has 0 aromatic heterocycles. The van der Waals surface area contributed by atoms with Crippen molar-refractivity contribution in [3.8, 4) is 0 Å². The summed E-state index contributed by atoms with van der Waals surface area (Å²) in [6, 6.07) is 3.28. The van der Waals surface area contributed by atoms with Gasteiger partial charge in [0.2, 0.25) is 10.0 Å². The van der Waals surface area contributed by atoms with E-state index in [2.05, 4.69) is 25.6 Å². The quantitative estimate of drug-likeness (QED) is 0.573. The number of benzene rings is 1. The molecule has 0 fully saturated rings. The molecular weight excluding hydrogens is 342 g/mol. The highest BCUT2D eigenvalue weighted by Crippen LogP contribution is 2.26. The van der Waals surface area contributed by atoms with E-state index >= 15 is 0 Å². The maximum absolute atomic E-state index is 12.3. The van der Waals surface area contributed by atoms with Gasteiger partial charge in [0.05, 0.1) is 4.90 Å². The fraction of sp³-hybridized carbons (Fsp3) is 0.538. The van der Waals surface area contributed by atoms with Gasteiger partial charge in [-0.05, 0) is 58.1 Å². The van der Waals surface area contributed by atoms with E-state index in [0.29, 0.717) is 22.3 Å². The molecular formula is C13H22BrN3O2S. The summed E-state index contributed by atoms with van der Waals surface area (Å²) in [5.74, 6) is 0. The third-order valence-electron chi connectivity index (χ3n) is 2.98. The first-order valence-electron chi connectivity index (χ1n) is 6.44. The van der Waals surface area contributed by atoms with Gasteiger partial charge in [0, 0.05) is 16.7 Å². The smallest absolute Gasteiger partial charge is 0.240 e. The Morgan fingerprint density at radius 3 is 2.55 bits per heavy atom. The molecule has 0 aliphatic rings. The Morgan fingerprint density at radius 1 is 1.30 bits per heavy atom. The van der Waals surface area contributed by atoms with Gasteiger partial charge in [-0.1, -0.05) is 15.9 Å². The number of nitrogens with two attached hydrogens (primary N) is 1. The van der Waals surface area contributed by atoms with E-state index in [9.17, 15) is 8.42 Å². The first kappa shape index (κ1) is 17.4. The highest BCUT2D eigenvalue weighted by Gasteiger charge is 2.18. The lowest BCUT2D eigenvalue weighted by Gasteiger charge is -2.12. The molecule has 0 amide bonds. The normalized spacial score (nSPS) is 12.1. The SMILES string of the molecule is Cc1c(N)cc(Br)cc1S(=O)(=O)NCCCCN(C)C. The number of nitrogens with zero attached hydrogens (tertiary/aromatic N) is 1. The molecule has 0 aliphatic heterocycles. The second-order valence-electron chi connectivity index (χ2n) is 5.03. The molecule has 0 saturated carbocycles. The molecule has 0 atom stereocenters. The number of hydrogen-bond acceptors (Lipinski definition) is 4. The van der Waals surface area contributed by atoms with Crippen molar-refractivity contribution in [3.63, 3.8) is 0 Å². The van der Waals surface area contributed by atoms with Gasteiger partial charge in [-0.3, -0.25) is 0 Å². The predicted molar refractivity (Wildman–Crippen MR) is 86.3 cm³/mol. The van der Waals surface area contributed by atoms with Crippen LogP contribution in [0.4, 0.5) is 5.69 Å². The number of anilines is 1. The van der Waals surface area contributed by atoms with Gasteiger partial charge in [0.15, 0.2) is 0 Å². The average Bonchev–Trinajstić information content (AvgIpc) is 2.32. The van der Waals surface area contributed by atoms with E-state index < -0.39 is 10.0 Å². The van der Waals surface area contributed by atoms with Gasteiger partial charge >= 0.3 is 0 Å². The Balaban J connectivity index is 2.70. The molecule has 0 radical (unpaired) electrons. The van der Waals surface area contributed by atoms with Crippen molar-refractivity contribution in [2.75, 3.05) is 32.9 Å². The zero-order chi connectivity index (χ0) is 15.3. The molecule has 20 heavy (non-hydrogen) atoms. The third-order valence-corrected chi connectivity index (χ3v) is 5.02. The summed E-state index contributed by atoms with van der Waals surface area (Å²) >= 11 is 3.27. The van der Waals surface area contributed by atoms with Crippen molar-refractivity contribution in [2.45, 2.75) is 24.7 Å². The maximum Gasteiger partial charge on any atom is 0.240 e. The zero-order valence-corrected chi connectivity index (χ0v) is 14.5. The van der Waals surface area contributed by atoms with Crippen molar-refractivity contribution in [1.29, 1.82) is 0 Å². The van der Waals surface area contributed by atoms with E-state index in [1.165, 1.54) is 0 Å². The first-order valence-corrected chi connectivity index (χ1v) is 8.71. The summed E-state index contributed by atoms with van der Waals surface area (Å²) in [5.41, 5.74) is 6.84. The summed E-state index contributed by atoms with van der Waals surface area (Å²) in [4.78, 5) is 2.31. The topological polar surface area (TPSA) is 75.4 Å². The van der Waals surface area contributed by atoms with Crippen molar-refractivity contribution in [2.24, 2.45) is 0 Å². The van der Waals surface area contributed by atoms with E-state index in [1.807, 2.05) is 14.1 Å². The Morgan fingerprint density at radius 2 is 1.95 bits per heavy atom. The van der Waals surface area contributed by atoms with Gasteiger partial charge in [-0.2, -0.15) is 0 Å². The molecule has 0 saturated heterocycles. The number of nitrogen functional groups attached to an aromatic ring is 1. The molecule has 0 spiro atoms. The van der Waals surface area contributed by atoms with Crippen LogP contribution in [0.3, 0.4) is 0 Å². The van der Waals surface area contributed by atoms with Crippen LogP contribution >= 0.6 is 15.9 Å². The number of halogens is 1. The van der Waals surface area contributed by atoms with Gasteiger partial charge in [-0.25, -0.2) is 13.1 Å². The Kier molecular flexibility index (Phi) is 6.44. The van der Waals surface area contributed by atoms with Gasteiger partial charge in [0.1, 0.15) is 0 Å². The minimum absolute atomic E-state index is 0.233. The van der Waals surface area contributed by atoms with Crippen molar-refractivity contribution in [1.82, 2.24) is 9.62 Å². The number of rotatable bonds is 7. The monoisotopic (exact) mass is 363 g/mol. The summed E-state index contributed by atoms with van der Waals surface area (Å²) in [6.07, 6.45) is 1.76. The molecule has 1 aromatic rings. The number of unbranched alkanes of at least 4 members (excludes halogenated alkanes) is 1. The lowest BCUT2D eigenvalue weighted by molar-refractivity contribution is 0.394. The van der Waals surface area contributed by atoms with Crippen LogP contribution in [-0.4, -0.2) is 40.5 Å². The molecule has 3 N–H and O–H groups in total. The second-order valence-corrected chi connectivity index (χ2v) is 7.68. The summed E-state index contributed by atoms with van der Waals surface area (Å²) in [6.45, 7) is 3.09. The highest BCUT2D eigenvalue weighted by molar-refractivity contribution is 9.10. The molecule has 7 heteroatoms. The fourth-order valence-corrected chi connectivity index (χ4v) is 3.79. The van der Waals surface area contributed by atoms with Crippen LogP contribution in [0.1, 0.15) is 18.4 Å². The average molecular weight is 364 g/mol. The lowest BCUT2D eigenvalue weighted by atomic mass is 10.2. The number of sulfonamides is 1. The van der Waals surface area contributed by atoms with Crippen LogP contribution < -0.4 is 10.5 Å². The van der Waals surface area contributed by atoms with Gasteiger partial charge in [0.25, 0.3) is 0 Å². The molecule has 1 aromatic carbocycles. The predicted octanol–water partition coefficient (Wildman–Crippen LogP) is 1.96. The Labute approximate surface area is 129 Å². The minimum Gasteiger partial charge on any atom is -0.398 e. The number of nitrogens with one attached hydrogen (secondary N) is 1. The first-order chi connectivity index (χ1) is 9.24. The molecule has 0 unspecified atom stereocenters. The van der Waals surface area contributed by atoms with E-state index in [0.717, 1.165) is 19.4 Å². The fourth-order valence-electron chi connectivity index (χ4n) is 1.79. The van der Waals surface area contributed by atoms with Crippen molar-refractivity contribution in [3.05, 3.63) is 22.2 Å². The summed E-state index contributed by atoms with van der Waals surface area (Å²) in [7, 11) is 0.485. The molecule has 1 rings (SSSR count). The maximum atomic E-state index is 12.3. The van der Waals surface area contributed by atoms with Gasteiger partial charge in [-0.15, -0.1) is 0 Å². The summed E-state index contributed by atoms with van der Waals surface area (Å²) in [5, 5.41) is 0. The standard InChI is InChI=1S/C13H22BrN3O2S/c1-10-12(15)8-11(14)9-13(10)20(18,19)16-6-4-5-7-17(2)3/h8-9,16H,4-7,15H2,1-3H3. The Hall–Kier alpha value is -0.630. The van der Waals surface area contributed by atoms with Crippen LogP contribution in [0.15, 0.2) is 21.5 Å². The summed E-state index contributed by atoms with van der Waals surface area (Å²) < 4.78 is 27.8. The van der Waals surface area contributed by atoms with Crippen molar-refractivity contribution < 1.29 is 8.42 Å². The number of hydrogen-bond donors (Lipinski definition) is 2. The van der Waals surface area contributed by atoms with E-state index in [1.54, 1.807) is 19.1 Å². The molecule has 114 valence electrons. The third kappa shape index (κ3) is 5.05. The van der Waals surface area contributed by atoms with Crippen LogP contribution in [0, 0.1) is 6.92 Å².